The molecule has 0 aliphatic rings. The summed E-state index contributed by atoms with van der Waals surface area (Å²) in [5.74, 6) is -1.73. The van der Waals surface area contributed by atoms with Crippen molar-refractivity contribution in [1.29, 1.82) is 0 Å². The van der Waals surface area contributed by atoms with Gasteiger partial charge in [-0.1, -0.05) is 55.5 Å². The molecule has 2 rings (SSSR count). The minimum absolute atomic E-state index is 0.100. The Hall–Kier alpha value is -2.71. The summed E-state index contributed by atoms with van der Waals surface area (Å²) in [5, 5.41) is 12.3. The van der Waals surface area contributed by atoms with Gasteiger partial charge in [-0.25, -0.2) is 17.9 Å². The predicted octanol–water partition coefficient (Wildman–Crippen LogP) is 1.86. The fourth-order valence-corrected chi connectivity index (χ4v) is 3.75. The van der Waals surface area contributed by atoms with Crippen LogP contribution in [-0.4, -0.2) is 31.9 Å². The van der Waals surface area contributed by atoms with E-state index < -0.39 is 27.4 Å². The molecule has 1 unspecified atom stereocenters. The summed E-state index contributed by atoms with van der Waals surface area (Å²) in [5.41, 5.74) is -1.10. The fourth-order valence-electron chi connectivity index (χ4n) is 2.70. The van der Waals surface area contributed by atoms with E-state index in [0.29, 0.717) is 5.56 Å². The number of carbonyl (C=O) groups is 2. The normalized spacial score (nSPS) is 13.5. The molecule has 7 nitrogen and oxygen atoms in total. The number of sulfonamides is 1. The fraction of sp³-hybridized carbons (Fsp3) is 0.263. The number of carboxylic acids is 1. The number of rotatable bonds is 9. The van der Waals surface area contributed by atoms with Gasteiger partial charge in [-0.2, -0.15) is 0 Å². The summed E-state index contributed by atoms with van der Waals surface area (Å²) in [6.07, 6.45) is -0.0399. The van der Waals surface area contributed by atoms with Crippen LogP contribution in [0.1, 0.15) is 25.3 Å². The maximum absolute atomic E-state index is 12.3. The maximum atomic E-state index is 12.3. The molecular weight excluding hydrogens is 368 g/mol. The molecule has 0 aliphatic heterocycles. The van der Waals surface area contributed by atoms with Gasteiger partial charge in [0.25, 0.3) is 0 Å². The summed E-state index contributed by atoms with van der Waals surface area (Å²) in [6.45, 7) is 1.52. The molecule has 0 bridgehead atoms. The van der Waals surface area contributed by atoms with E-state index in [1.807, 2.05) is 0 Å². The maximum Gasteiger partial charge on any atom is 0.334 e. The standard InChI is InChI=1S/C19H22N2O5S/c1-2-19(18(23)24,15-9-5-3-6-10-15)21-17(22)13-14-20-27(25,26)16-11-7-4-8-12-16/h3-12,20H,2,13-14H2,1H3,(H,21,22)(H,23,24). The van der Waals surface area contributed by atoms with Crippen molar-refractivity contribution in [2.45, 2.75) is 30.2 Å². The minimum atomic E-state index is -3.72. The number of carbonyl (C=O) groups excluding carboxylic acids is 1. The summed E-state index contributed by atoms with van der Waals surface area (Å²) >= 11 is 0. The Bertz CT molecular complexity index is 885. The lowest BCUT2D eigenvalue weighted by Crippen LogP contribution is -2.52. The summed E-state index contributed by atoms with van der Waals surface area (Å²) < 4.78 is 26.6. The Balaban J connectivity index is 2.04. The molecule has 0 aliphatic carbocycles. The summed E-state index contributed by atoms with van der Waals surface area (Å²) in [6, 6.07) is 16.2. The molecule has 2 aromatic rings. The van der Waals surface area contributed by atoms with Crippen molar-refractivity contribution >= 4 is 21.9 Å². The molecule has 1 atom stereocenters. The summed E-state index contributed by atoms with van der Waals surface area (Å²) in [7, 11) is -3.72. The van der Waals surface area contributed by atoms with E-state index in [1.54, 1.807) is 55.5 Å². The van der Waals surface area contributed by atoms with Gasteiger partial charge in [0.15, 0.2) is 5.54 Å². The van der Waals surface area contributed by atoms with Crippen molar-refractivity contribution in [3.8, 4) is 0 Å². The van der Waals surface area contributed by atoms with Gasteiger partial charge in [-0.15, -0.1) is 0 Å². The van der Waals surface area contributed by atoms with Crippen molar-refractivity contribution in [2.75, 3.05) is 6.54 Å². The van der Waals surface area contributed by atoms with Crippen LogP contribution in [0.5, 0.6) is 0 Å². The summed E-state index contributed by atoms with van der Waals surface area (Å²) in [4.78, 5) is 24.3. The van der Waals surface area contributed by atoms with Crippen LogP contribution in [0.2, 0.25) is 0 Å². The molecule has 1 amide bonds. The zero-order chi connectivity index (χ0) is 19.9. The molecule has 0 heterocycles. The van der Waals surface area contributed by atoms with Crippen LogP contribution < -0.4 is 10.0 Å². The molecule has 2 aromatic carbocycles. The second kappa shape index (κ2) is 8.79. The van der Waals surface area contributed by atoms with Gasteiger partial charge >= 0.3 is 5.97 Å². The molecule has 3 N–H and O–H groups in total. The van der Waals surface area contributed by atoms with Gasteiger partial charge in [0.05, 0.1) is 4.90 Å². The van der Waals surface area contributed by atoms with E-state index in [4.69, 9.17) is 0 Å². The van der Waals surface area contributed by atoms with Crippen molar-refractivity contribution in [3.63, 3.8) is 0 Å². The van der Waals surface area contributed by atoms with Crippen LogP contribution in [0.3, 0.4) is 0 Å². The van der Waals surface area contributed by atoms with E-state index in [9.17, 15) is 23.1 Å². The number of nitrogens with one attached hydrogen (secondary N) is 2. The quantitative estimate of drug-likeness (QED) is 0.605. The van der Waals surface area contributed by atoms with E-state index in [1.165, 1.54) is 12.1 Å². The zero-order valence-corrected chi connectivity index (χ0v) is 15.7. The Labute approximate surface area is 158 Å². The van der Waals surface area contributed by atoms with Crippen molar-refractivity contribution in [2.24, 2.45) is 0 Å². The monoisotopic (exact) mass is 390 g/mol. The lowest BCUT2D eigenvalue weighted by atomic mass is 9.87. The van der Waals surface area contributed by atoms with Gasteiger partial charge in [0.1, 0.15) is 0 Å². The molecule has 27 heavy (non-hydrogen) atoms. The van der Waals surface area contributed by atoms with E-state index in [0.717, 1.165) is 0 Å². The lowest BCUT2D eigenvalue weighted by Gasteiger charge is -2.30. The minimum Gasteiger partial charge on any atom is -0.479 e. The van der Waals surface area contributed by atoms with Crippen molar-refractivity contribution < 1.29 is 23.1 Å². The highest BCUT2D eigenvalue weighted by molar-refractivity contribution is 7.89. The number of aliphatic carboxylic acids is 1. The Morgan fingerprint density at radius 2 is 1.56 bits per heavy atom. The van der Waals surface area contributed by atoms with Crippen molar-refractivity contribution in [3.05, 3.63) is 66.2 Å². The van der Waals surface area contributed by atoms with Gasteiger partial charge in [-0.05, 0) is 24.1 Å². The van der Waals surface area contributed by atoms with Crippen LogP contribution in [-0.2, 0) is 25.2 Å². The topological polar surface area (TPSA) is 113 Å². The van der Waals surface area contributed by atoms with Gasteiger partial charge in [0, 0.05) is 13.0 Å². The SMILES string of the molecule is CCC(NC(=O)CCNS(=O)(=O)c1ccccc1)(C(=O)O)c1ccccc1. The third-order valence-corrected chi connectivity index (χ3v) is 5.69. The highest BCUT2D eigenvalue weighted by Crippen LogP contribution is 2.25. The van der Waals surface area contributed by atoms with Gasteiger partial charge in [-0.3, -0.25) is 4.79 Å². The number of hydrogen-bond donors (Lipinski definition) is 3. The lowest BCUT2D eigenvalue weighted by molar-refractivity contribution is -0.148. The largest absolute Gasteiger partial charge is 0.479 e. The van der Waals surface area contributed by atoms with Crippen LogP contribution in [0.4, 0.5) is 0 Å². The first kappa shape index (κ1) is 20.6. The highest BCUT2D eigenvalue weighted by atomic mass is 32.2. The molecule has 8 heteroatoms. The van der Waals surface area contributed by atoms with Crippen LogP contribution in [0.25, 0.3) is 0 Å². The molecule has 0 aromatic heterocycles. The zero-order valence-electron chi connectivity index (χ0n) is 14.9. The van der Waals surface area contributed by atoms with Crippen LogP contribution >= 0.6 is 0 Å². The van der Waals surface area contributed by atoms with Crippen LogP contribution in [0.15, 0.2) is 65.6 Å². The average molecular weight is 390 g/mol. The van der Waals surface area contributed by atoms with Crippen molar-refractivity contribution in [1.82, 2.24) is 10.0 Å². The number of amides is 1. The predicted molar refractivity (Wildman–Crippen MR) is 100 cm³/mol. The van der Waals surface area contributed by atoms with Gasteiger partial charge < -0.3 is 10.4 Å². The molecule has 0 saturated heterocycles. The third kappa shape index (κ3) is 4.93. The molecule has 0 fully saturated rings. The second-order valence-electron chi connectivity index (χ2n) is 5.94. The first-order valence-corrected chi connectivity index (χ1v) is 9.95. The second-order valence-corrected chi connectivity index (χ2v) is 7.71. The molecular formula is C19H22N2O5S. The highest BCUT2D eigenvalue weighted by Gasteiger charge is 2.40. The Morgan fingerprint density at radius 3 is 2.07 bits per heavy atom. The first-order valence-electron chi connectivity index (χ1n) is 8.46. The number of hydrogen-bond acceptors (Lipinski definition) is 4. The first-order chi connectivity index (χ1) is 12.8. The van der Waals surface area contributed by atoms with Crippen LogP contribution in [0, 0.1) is 0 Å². The van der Waals surface area contributed by atoms with E-state index >= 15 is 0 Å². The molecule has 0 spiro atoms. The molecule has 0 saturated carbocycles. The van der Waals surface area contributed by atoms with E-state index in [-0.39, 0.29) is 24.3 Å². The van der Waals surface area contributed by atoms with Gasteiger partial charge in [0.2, 0.25) is 15.9 Å². The Morgan fingerprint density at radius 1 is 1.00 bits per heavy atom. The third-order valence-electron chi connectivity index (χ3n) is 4.21. The molecule has 144 valence electrons. The average Bonchev–Trinajstić information content (AvgIpc) is 2.67. The number of benzene rings is 2. The number of carboxylic acid groups (broad SMARTS) is 1. The molecule has 0 radical (unpaired) electrons. The smallest absolute Gasteiger partial charge is 0.334 e. The Kier molecular flexibility index (Phi) is 6.70. The van der Waals surface area contributed by atoms with E-state index in [2.05, 4.69) is 10.0 Å².